The Balaban J connectivity index is 1.62. The molecule has 5 nitrogen and oxygen atoms in total. The number of hydrogen-bond acceptors (Lipinski definition) is 4. The van der Waals surface area contributed by atoms with Crippen molar-refractivity contribution in [3.05, 3.63) is 51.7 Å². The summed E-state index contributed by atoms with van der Waals surface area (Å²) in [5.74, 6) is -2.54. The number of thiophene rings is 1. The minimum atomic E-state index is -3.91. The number of aryl methyl sites for hydroxylation is 1. The van der Waals surface area contributed by atoms with Crippen molar-refractivity contribution in [2.24, 2.45) is 5.92 Å². The van der Waals surface area contributed by atoms with Crippen LogP contribution < -0.4 is 0 Å². The van der Waals surface area contributed by atoms with Crippen molar-refractivity contribution in [3.63, 3.8) is 0 Å². The molecule has 0 saturated carbocycles. The van der Waals surface area contributed by atoms with E-state index in [1.54, 1.807) is 23.3 Å². The van der Waals surface area contributed by atoms with Gasteiger partial charge in [-0.25, -0.2) is 17.2 Å². The maximum Gasteiger partial charge on any atom is 0.243 e. The maximum absolute atomic E-state index is 13.4. The number of sulfonamides is 1. The monoisotopic (exact) mass is 428 g/mol. The second-order valence-electron chi connectivity index (χ2n) is 6.98. The molecular formula is C19H22F2N2O3S2. The standard InChI is InChI=1S/C19H22F2N2O3S2/c1-13-7-10-27-18(13)12-22(2)19(24)14-5-8-23(9-6-14)28(25,26)15-3-4-16(20)17(21)11-15/h3-4,7,10-11,14H,5-6,8-9,12H2,1-2H3. The molecule has 1 aromatic carbocycles. The van der Waals surface area contributed by atoms with E-state index in [4.69, 9.17) is 0 Å². The third-order valence-corrected chi connectivity index (χ3v) is 7.96. The summed E-state index contributed by atoms with van der Waals surface area (Å²) < 4.78 is 53.0. The average molecular weight is 429 g/mol. The molecule has 9 heteroatoms. The zero-order valence-corrected chi connectivity index (χ0v) is 17.3. The topological polar surface area (TPSA) is 57.7 Å². The van der Waals surface area contributed by atoms with E-state index in [0.29, 0.717) is 25.5 Å². The highest BCUT2D eigenvalue weighted by atomic mass is 32.2. The van der Waals surface area contributed by atoms with Crippen LogP contribution in [0.15, 0.2) is 34.5 Å². The summed E-state index contributed by atoms with van der Waals surface area (Å²) in [6.07, 6.45) is 0.797. The quantitative estimate of drug-likeness (QED) is 0.734. The van der Waals surface area contributed by atoms with E-state index < -0.39 is 21.7 Å². The summed E-state index contributed by atoms with van der Waals surface area (Å²) in [7, 11) is -2.16. The fourth-order valence-corrected chi connectivity index (χ4v) is 5.74. The Bertz CT molecular complexity index is 967. The van der Waals surface area contributed by atoms with Gasteiger partial charge < -0.3 is 4.90 Å². The van der Waals surface area contributed by atoms with Crippen LogP contribution in [0.1, 0.15) is 23.3 Å². The fraction of sp³-hybridized carbons (Fsp3) is 0.421. The SMILES string of the molecule is Cc1ccsc1CN(C)C(=O)C1CCN(S(=O)(=O)c2ccc(F)c(F)c2)CC1. The Morgan fingerprint density at radius 1 is 1.21 bits per heavy atom. The van der Waals surface area contributed by atoms with Crippen LogP contribution in [0.3, 0.4) is 0 Å². The molecule has 28 heavy (non-hydrogen) atoms. The van der Waals surface area contributed by atoms with Crippen molar-refractivity contribution < 1.29 is 22.0 Å². The van der Waals surface area contributed by atoms with Gasteiger partial charge in [-0.1, -0.05) is 0 Å². The van der Waals surface area contributed by atoms with Gasteiger partial charge in [0.2, 0.25) is 15.9 Å². The molecule has 1 aliphatic rings. The molecule has 0 N–H and O–H groups in total. The molecule has 1 saturated heterocycles. The molecule has 0 aliphatic carbocycles. The number of benzene rings is 1. The van der Waals surface area contributed by atoms with Crippen LogP contribution in [0, 0.1) is 24.5 Å². The number of halogens is 2. The lowest BCUT2D eigenvalue weighted by atomic mass is 9.96. The summed E-state index contributed by atoms with van der Waals surface area (Å²) in [6, 6.07) is 4.57. The number of amides is 1. The number of nitrogens with zero attached hydrogens (tertiary/aromatic N) is 2. The first-order valence-electron chi connectivity index (χ1n) is 8.93. The van der Waals surface area contributed by atoms with Crippen molar-refractivity contribution in [1.82, 2.24) is 9.21 Å². The highest BCUT2D eigenvalue weighted by Crippen LogP contribution is 2.26. The Labute approximate surface area is 167 Å². The van der Waals surface area contributed by atoms with Crippen LogP contribution in [0.25, 0.3) is 0 Å². The van der Waals surface area contributed by atoms with Crippen LogP contribution in [0.5, 0.6) is 0 Å². The second kappa shape index (κ2) is 8.26. The molecule has 1 aromatic heterocycles. The normalized spacial score (nSPS) is 16.3. The lowest BCUT2D eigenvalue weighted by molar-refractivity contribution is -0.135. The van der Waals surface area contributed by atoms with E-state index in [1.165, 1.54) is 4.31 Å². The summed E-state index contributed by atoms with van der Waals surface area (Å²) in [5, 5.41) is 1.99. The van der Waals surface area contributed by atoms with E-state index in [0.717, 1.165) is 22.6 Å². The predicted molar refractivity (Wildman–Crippen MR) is 103 cm³/mol. The largest absolute Gasteiger partial charge is 0.340 e. The van der Waals surface area contributed by atoms with Crippen LogP contribution in [-0.4, -0.2) is 43.7 Å². The predicted octanol–water partition coefficient (Wildman–Crippen LogP) is 3.39. The molecule has 0 atom stereocenters. The van der Waals surface area contributed by atoms with Gasteiger partial charge in [-0.3, -0.25) is 4.79 Å². The Morgan fingerprint density at radius 2 is 1.89 bits per heavy atom. The maximum atomic E-state index is 13.4. The molecule has 2 heterocycles. The highest BCUT2D eigenvalue weighted by molar-refractivity contribution is 7.89. The van der Waals surface area contributed by atoms with Gasteiger partial charge in [0, 0.05) is 30.9 Å². The van der Waals surface area contributed by atoms with Crippen molar-refractivity contribution >= 4 is 27.3 Å². The fourth-order valence-electron chi connectivity index (χ4n) is 3.30. The minimum absolute atomic E-state index is 0.00215. The van der Waals surface area contributed by atoms with Gasteiger partial charge in [0.15, 0.2) is 11.6 Å². The van der Waals surface area contributed by atoms with Gasteiger partial charge in [-0.05, 0) is 55.0 Å². The van der Waals surface area contributed by atoms with Crippen molar-refractivity contribution in [1.29, 1.82) is 0 Å². The van der Waals surface area contributed by atoms with Crippen molar-refractivity contribution in [2.45, 2.75) is 31.2 Å². The molecule has 0 radical (unpaired) electrons. The first-order valence-corrected chi connectivity index (χ1v) is 11.2. The Morgan fingerprint density at radius 3 is 2.46 bits per heavy atom. The molecule has 1 amide bonds. The number of hydrogen-bond donors (Lipinski definition) is 0. The molecule has 152 valence electrons. The van der Waals surface area contributed by atoms with E-state index in [9.17, 15) is 22.0 Å². The third-order valence-electron chi connectivity index (χ3n) is 5.06. The molecule has 0 spiro atoms. The van der Waals surface area contributed by atoms with Gasteiger partial charge in [0.25, 0.3) is 0 Å². The summed E-state index contributed by atoms with van der Waals surface area (Å²) >= 11 is 1.61. The minimum Gasteiger partial charge on any atom is -0.340 e. The molecule has 0 bridgehead atoms. The summed E-state index contributed by atoms with van der Waals surface area (Å²) in [4.78, 5) is 15.3. The van der Waals surface area contributed by atoms with Crippen LogP contribution in [-0.2, 0) is 21.4 Å². The van der Waals surface area contributed by atoms with E-state index in [1.807, 2.05) is 18.4 Å². The molecule has 0 unspecified atom stereocenters. The van der Waals surface area contributed by atoms with E-state index in [-0.39, 0.29) is 29.8 Å². The smallest absolute Gasteiger partial charge is 0.243 e. The Kier molecular flexibility index (Phi) is 6.16. The zero-order chi connectivity index (χ0) is 20.5. The number of piperidine rings is 1. The summed E-state index contributed by atoms with van der Waals surface area (Å²) in [5.41, 5.74) is 1.15. The van der Waals surface area contributed by atoms with Gasteiger partial charge in [-0.15, -0.1) is 11.3 Å². The zero-order valence-electron chi connectivity index (χ0n) is 15.7. The summed E-state index contributed by atoms with van der Waals surface area (Å²) in [6.45, 7) is 2.88. The molecule has 2 aromatic rings. The van der Waals surface area contributed by atoms with Crippen molar-refractivity contribution in [2.75, 3.05) is 20.1 Å². The van der Waals surface area contributed by atoms with Crippen molar-refractivity contribution in [3.8, 4) is 0 Å². The van der Waals surface area contributed by atoms with Gasteiger partial charge in [0.1, 0.15) is 0 Å². The average Bonchev–Trinajstić information content (AvgIpc) is 3.08. The number of rotatable bonds is 5. The highest BCUT2D eigenvalue weighted by Gasteiger charge is 2.33. The molecule has 1 aliphatic heterocycles. The third kappa shape index (κ3) is 4.26. The lowest BCUT2D eigenvalue weighted by Gasteiger charge is -2.32. The van der Waals surface area contributed by atoms with Crippen LogP contribution >= 0.6 is 11.3 Å². The lowest BCUT2D eigenvalue weighted by Crippen LogP contribution is -2.43. The second-order valence-corrected chi connectivity index (χ2v) is 9.91. The van der Waals surface area contributed by atoms with E-state index >= 15 is 0 Å². The van der Waals surface area contributed by atoms with Gasteiger partial charge >= 0.3 is 0 Å². The first-order chi connectivity index (χ1) is 13.2. The number of carbonyl (C=O) groups is 1. The van der Waals surface area contributed by atoms with Crippen LogP contribution in [0.4, 0.5) is 8.78 Å². The molecule has 1 fully saturated rings. The van der Waals surface area contributed by atoms with Gasteiger partial charge in [-0.2, -0.15) is 4.31 Å². The number of carbonyl (C=O) groups excluding carboxylic acids is 1. The van der Waals surface area contributed by atoms with Crippen LogP contribution in [0.2, 0.25) is 0 Å². The molecular weight excluding hydrogens is 406 g/mol. The first kappa shape index (κ1) is 20.9. The molecule has 3 rings (SSSR count). The Hall–Kier alpha value is -1.84. The van der Waals surface area contributed by atoms with Gasteiger partial charge in [0.05, 0.1) is 11.4 Å². The van der Waals surface area contributed by atoms with E-state index in [2.05, 4.69) is 0 Å².